The minimum absolute atomic E-state index is 0.154. The number of H-pyrrole nitrogens is 1. The molecule has 0 spiro atoms. The molecule has 0 aliphatic heterocycles. The molecule has 0 atom stereocenters. The normalized spacial score (nSPS) is 10.8. The van der Waals surface area contributed by atoms with E-state index in [0.717, 1.165) is 11.0 Å². The van der Waals surface area contributed by atoms with Gasteiger partial charge in [-0.15, -0.1) is 0 Å². The van der Waals surface area contributed by atoms with Crippen LogP contribution in [0.2, 0.25) is 0 Å². The molecule has 2 aromatic rings. The number of fused-ring (bicyclic) bond motifs is 1. The molecule has 0 saturated carbocycles. The summed E-state index contributed by atoms with van der Waals surface area (Å²) >= 11 is 0. The van der Waals surface area contributed by atoms with E-state index in [0.29, 0.717) is 0 Å². The highest BCUT2D eigenvalue weighted by Crippen LogP contribution is 2.07. The van der Waals surface area contributed by atoms with Crippen LogP contribution in [0.4, 0.5) is 0 Å². The Kier molecular flexibility index (Phi) is 1.48. The first-order valence-electron chi connectivity index (χ1n) is 3.70. The van der Waals surface area contributed by atoms with Crippen molar-refractivity contribution in [3.05, 3.63) is 34.7 Å². The highest BCUT2D eigenvalue weighted by molar-refractivity contribution is 5.74. The molecule has 0 bridgehead atoms. The fourth-order valence-electron chi connectivity index (χ4n) is 1.29. The number of benzene rings is 1. The average Bonchev–Trinajstić information content (AvgIpc) is 2.40. The molecule has 0 radical (unpaired) electrons. The quantitative estimate of drug-likeness (QED) is 0.632. The van der Waals surface area contributed by atoms with Gasteiger partial charge in [0.15, 0.2) is 0 Å². The molecule has 1 aromatic heterocycles. The number of nitrogens with zero attached hydrogens (tertiary/aromatic N) is 1. The zero-order chi connectivity index (χ0) is 8.55. The third-order valence-electron chi connectivity index (χ3n) is 1.86. The second-order valence-corrected chi connectivity index (χ2v) is 2.56. The molecule has 1 heterocycles. The summed E-state index contributed by atoms with van der Waals surface area (Å²) in [6.45, 7) is 0.211. The third kappa shape index (κ3) is 0.853. The molecule has 3 N–H and O–H groups in total. The van der Waals surface area contributed by atoms with Gasteiger partial charge >= 0.3 is 5.69 Å². The molecule has 0 aliphatic rings. The van der Waals surface area contributed by atoms with Crippen molar-refractivity contribution < 1.29 is 0 Å². The molecule has 2 rings (SSSR count). The maximum absolute atomic E-state index is 11.2. The van der Waals surface area contributed by atoms with E-state index in [2.05, 4.69) is 4.98 Å². The smallest absolute Gasteiger partial charge is 0.313 e. The molecule has 0 unspecified atom stereocenters. The van der Waals surface area contributed by atoms with Crippen LogP contribution in [0.15, 0.2) is 29.1 Å². The van der Waals surface area contributed by atoms with Crippen LogP contribution in [0.25, 0.3) is 11.0 Å². The summed E-state index contributed by atoms with van der Waals surface area (Å²) in [7, 11) is 0. The van der Waals surface area contributed by atoms with E-state index < -0.39 is 0 Å². The zero-order valence-electron chi connectivity index (χ0n) is 6.45. The summed E-state index contributed by atoms with van der Waals surface area (Å²) in [4.78, 5) is 13.9. The minimum Gasteiger partial charge on any atom is -0.313 e. The molecular weight excluding hydrogens is 154 g/mol. The Bertz CT molecular complexity index is 455. The number of aromatic amines is 1. The lowest BCUT2D eigenvalue weighted by Crippen LogP contribution is -2.20. The predicted molar refractivity (Wildman–Crippen MR) is 46.7 cm³/mol. The Morgan fingerprint density at radius 1 is 1.42 bits per heavy atom. The van der Waals surface area contributed by atoms with Gasteiger partial charge in [-0.05, 0) is 12.1 Å². The lowest BCUT2D eigenvalue weighted by Gasteiger charge is -1.95. The zero-order valence-corrected chi connectivity index (χ0v) is 6.45. The summed E-state index contributed by atoms with van der Waals surface area (Å²) in [5, 5.41) is 0. The van der Waals surface area contributed by atoms with Crippen molar-refractivity contribution in [2.24, 2.45) is 5.73 Å². The summed E-state index contributed by atoms with van der Waals surface area (Å²) in [5.74, 6) is 0. The maximum Gasteiger partial charge on any atom is 0.327 e. The molecule has 4 heteroatoms. The van der Waals surface area contributed by atoms with Crippen molar-refractivity contribution in [3.8, 4) is 0 Å². The number of nitrogens with one attached hydrogen (secondary N) is 1. The second kappa shape index (κ2) is 2.49. The van der Waals surface area contributed by atoms with Crippen LogP contribution in [-0.2, 0) is 6.67 Å². The molecule has 4 nitrogen and oxygen atoms in total. The number of aromatic nitrogens is 2. The lowest BCUT2D eigenvalue weighted by atomic mass is 10.3. The molecule has 12 heavy (non-hydrogen) atoms. The van der Waals surface area contributed by atoms with Crippen molar-refractivity contribution in [1.29, 1.82) is 0 Å². The third-order valence-corrected chi connectivity index (χ3v) is 1.86. The molecule has 0 aliphatic carbocycles. The number of imidazole rings is 1. The van der Waals surface area contributed by atoms with Crippen molar-refractivity contribution in [2.75, 3.05) is 0 Å². The number of para-hydroxylation sites is 2. The number of rotatable bonds is 1. The van der Waals surface area contributed by atoms with E-state index in [-0.39, 0.29) is 12.4 Å². The summed E-state index contributed by atoms with van der Waals surface area (Å²) in [5.41, 5.74) is 6.93. The van der Waals surface area contributed by atoms with Gasteiger partial charge in [0.25, 0.3) is 0 Å². The fraction of sp³-hybridized carbons (Fsp3) is 0.125. The first-order chi connectivity index (χ1) is 5.83. The second-order valence-electron chi connectivity index (χ2n) is 2.56. The van der Waals surface area contributed by atoms with E-state index in [4.69, 9.17) is 5.73 Å². The van der Waals surface area contributed by atoms with Crippen LogP contribution in [0, 0.1) is 0 Å². The molecule has 0 fully saturated rings. The van der Waals surface area contributed by atoms with Crippen molar-refractivity contribution in [2.45, 2.75) is 6.67 Å². The van der Waals surface area contributed by atoms with Crippen molar-refractivity contribution in [1.82, 2.24) is 9.55 Å². The molecule has 0 saturated heterocycles. The van der Waals surface area contributed by atoms with Crippen LogP contribution in [0.3, 0.4) is 0 Å². The molecule has 1 aromatic carbocycles. The van der Waals surface area contributed by atoms with Gasteiger partial charge in [-0.3, -0.25) is 4.57 Å². The largest absolute Gasteiger partial charge is 0.327 e. The van der Waals surface area contributed by atoms with Crippen LogP contribution < -0.4 is 11.4 Å². The van der Waals surface area contributed by atoms with E-state index in [9.17, 15) is 4.79 Å². The Morgan fingerprint density at radius 3 is 2.92 bits per heavy atom. The van der Waals surface area contributed by atoms with E-state index in [1.54, 1.807) is 0 Å². The first kappa shape index (κ1) is 7.12. The van der Waals surface area contributed by atoms with E-state index in [1.807, 2.05) is 24.3 Å². The molecule has 0 amide bonds. The SMILES string of the molecule is NCn1c(=O)[nH]c2ccccc21. The highest BCUT2D eigenvalue weighted by atomic mass is 16.1. The van der Waals surface area contributed by atoms with Gasteiger partial charge in [0.05, 0.1) is 17.7 Å². The Balaban J connectivity index is 2.91. The first-order valence-corrected chi connectivity index (χ1v) is 3.70. The van der Waals surface area contributed by atoms with Gasteiger partial charge < -0.3 is 10.7 Å². The summed E-state index contributed by atoms with van der Waals surface area (Å²) in [6.07, 6.45) is 0. The van der Waals surface area contributed by atoms with Gasteiger partial charge in [-0.25, -0.2) is 4.79 Å². The fourth-order valence-corrected chi connectivity index (χ4v) is 1.29. The topological polar surface area (TPSA) is 63.8 Å². The average molecular weight is 163 g/mol. The van der Waals surface area contributed by atoms with Gasteiger partial charge in [0.1, 0.15) is 0 Å². The molecular formula is C8H9N3O. The van der Waals surface area contributed by atoms with Crippen molar-refractivity contribution >= 4 is 11.0 Å². The predicted octanol–water partition coefficient (Wildman–Crippen LogP) is 0.246. The van der Waals surface area contributed by atoms with Gasteiger partial charge in [0.2, 0.25) is 0 Å². The van der Waals surface area contributed by atoms with Gasteiger partial charge in [-0.1, -0.05) is 12.1 Å². The van der Waals surface area contributed by atoms with Gasteiger partial charge in [-0.2, -0.15) is 0 Å². The van der Waals surface area contributed by atoms with Crippen LogP contribution in [0.1, 0.15) is 0 Å². The maximum atomic E-state index is 11.2. The Labute approximate surface area is 68.6 Å². The Morgan fingerprint density at radius 2 is 2.17 bits per heavy atom. The van der Waals surface area contributed by atoms with Crippen LogP contribution in [-0.4, -0.2) is 9.55 Å². The van der Waals surface area contributed by atoms with Crippen LogP contribution >= 0.6 is 0 Å². The number of hydrogen-bond acceptors (Lipinski definition) is 2. The van der Waals surface area contributed by atoms with E-state index >= 15 is 0 Å². The summed E-state index contributed by atoms with van der Waals surface area (Å²) in [6, 6.07) is 7.46. The summed E-state index contributed by atoms with van der Waals surface area (Å²) < 4.78 is 1.50. The minimum atomic E-state index is -0.154. The monoisotopic (exact) mass is 163 g/mol. The highest BCUT2D eigenvalue weighted by Gasteiger charge is 2.01. The van der Waals surface area contributed by atoms with Crippen molar-refractivity contribution in [3.63, 3.8) is 0 Å². The van der Waals surface area contributed by atoms with Crippen LogP contribution in [0.5, 0.6) is 0 Å². The van der Waals surface area contributed by atoms with E-state index in [1.165, 1.54) is 4.57 Å². The van der Waals surface area contributed by atoms with Gasteiger partial charge in [0, 0.05) is 0 Å². The number of nitrogens with two attached hydrogens (primary N) is 1. The Hall–Kier alpha value is -1.55. The standard InChI is InChI=1S/C8H9N3O/c9-5-11-7-4-2-1-3-6(7)10-8(11)12/h1-4H,5,9H2,(H,10,12). The lowest BCUT2D eigenvalue weighted by molar-refractivity contribution is 0.725. The molecule has 62 valence electrons. The number of hydrogen-bond donors (Lipinski definition) is 2.